The third-order valence-corrected chi connectivity index (χ3v) is 5.76. The molecule has 0 aliphatic heterocycles. The monoisotopic (exact) mass is 503 g/mol. The van der Waals surface area contributed by atoms with Gasteiger partial charge in [-0.15, -0.1) is 0 Å². The predicted octanol–water partition coefficient (Wildman–Crippen LogP) is 7.47. The second kappa shape index (κ2) is 12.3. The van der Waals surface area contributed by atoms with Crippen molar-refractivity contribution >= 4 is 29.2 Å². The van der Waals surface area contributed by atoms with Gasteiger partial charge in [0.2, 0.25) is 0 Å². The van der Waals surface area contributed by atoms with E-state index in [1.165, 1.54) is 12.7 Å². The molecular weight excluding hydrogens is 474 g/mol. The van der Waals surface area contributed by atoms with Crippen LogP contribution < -0.4 is 14.2 Å². The van der Waals surface area contributed by atoms with Crippen LogP contribution in [0.15, 0.2) is 66.7 Å². The summed E-state index contributed by atoms with van der Waals surface area (Å²) in [5.41, 5.74) is 3.30. The number of esters is 1. The fourth-order valence-corrected chi connectivity index (χ4v) is 3.59. The average Bonchev–Trinajstić information content (AvgIpc) is 2.86. The Morgan fingerprint density at radius 3 is 2.31 bits per heavy atom. The van der Waals surface area contributed by atoms with Crippen molar-refractivity contribution in [1.82, 2.24) is 0 Å². The van der Waals surface area contributed by atoms with Gasteiger partial charge in [-0.05, 0) is 71.0 Å². The molecule has 0 aliphatic carbocycles. The Morgan fingerprint density at radius 1 is 1.00 bits per heavy atom. The number of nitrogens with zero attached hydrogens (tertiary/aromatic N) is 1. The van der Waals surface area contributed by atoms with Gasteiger partial charge in [0.05, 0.1) is 25.4 Å². The number of carbonyl (C=O) groups is 1. The number of ether oxygens (including phenoxy) is 3. The molecule has 0 heterocycles. The smallest absolute Gasteiger partial charge is 0.311 e. The Labute approximate surface area is 217 Å². The summed E-state index contributed by atoms with van der Waals surface area (Å²) in [7, 11) is 1.50. The summed E-state index contributed by atoms with van der Waals surface area (Å²) in [5, 5.41) is 10.2. The molecule has 0 spiro atoms. The fraction of sp³-hybridized carbons (Fsp3) is 0.267. The molecule has 0 aliphatic rings. The van der Waals surface area contributed by atoms with Gasteiger partial charge in [0.25, 0.3) is 0 Å². The van der Waals surface area contributed by atoms with E-state index in [1.54, 1.807) is 48.5 Å². The minimum absolute atomic E-state index is 0.0898. The van der Waals surface area contributed by atoms with Crippen LogP contribution in [0.3, 0.4) is 0 Å². The molecule has 0 saturated heterocycles. The maximum absolute atomic E-state index is 12.4. The average molecular weight is 504 g/mol. The van der Waals surface area contributed by atoms with Crippen LogP contribution in [0, 0.1) is 11.3 Å². The molecule has 6 heteroatoms. The van der Waals surface area contributed by atoms with Crippen LogP contribution in [-0.4, -0.2) is 19.7 Å². The highest BCUT2D eigenvalue weighted by atomic mass is 35.5. The lowest BCUT2D eigenvalue weighted by atomic mass is 9.87. The SMILES string of the molecule is COc1cc(/C=C(\C#N)c2ccc(Cl)cc2)ccc1OC(=O)CCCOc1ccc(C(C)(C)C)cc1. The quantitative estimate of drug-likeness (QED) is 0.0995. The third-order valence-electron chi connectivity index (χ3n) is 5.51. The topological polar surface area (TPSA) is 68.5 Å². The second-order valence-electron chi connectivity index (χ2n) is 9.29. The van der Waals surface area contributed by atoms with E-state index in [0.29, 0.717) is 35.1 Å². The van der Waals surface area contributed by atoms with Gasteiger partial charge in [-0.2, -0.15) is 5.26 Å². The van der Waals surface area contributed by atoms with Crippen molar-refractivity contribution < 1.29 is 19.0 Å². The van der Waals surface area contributed by atoms with Crippen molar-refractivity contribution in [3.8, 4) is 23.3 Å². The number of allylic oxidation sites excluding steroid dienone is 1. The van der Waals surface area contributed by atoms with Crippen molar-refractivity contribution in [3.63, 3.8) is 0 Å². The molecule has 0 saturated carbocycles. The van der Waals surface area contributed by atoms with Crippen molar-refractivity contribution in [3.05, 3.63) is 88.4 Å². The van der Waals surface area contributed by atoms with Crippen LogP contribution in [-0.2, 0) is 10.2 Å². The molecule has 0 amide bonds. The van der Waals surface area contributed by atoms with E-state index in [9.17, 15) is 10.1 Å². The zero-order valence-corrected chi connectivity index (χ0v) is 21.8. The number of methoxy groups -OCH3 is 1. The van der Waals surface area contributed by atoms with Gasteiger partial charge in [-0.25, -0.2) is 0 Å². The third kappa shape index (κ3) is 7.63. The highest BCUT2D eigenvalue weighted by Gasteiger charge is 2.14. The molecule has 3 aromatic rings. The summed E-state index contributed by atoms with van der Waals surface area (Å²) < 4.78 is 16.7. The number of hydrogen-bond acceptors (Lipinski definition) is 5. The molecule has 3 aromatic carbocycles. The number of hydrogen-bond donors (Lipinski definition) is 0. The molecule has 0 atom stereocenters. The van der Waals surface area contributed by atoms with E-state index in [2.05, 4.69) is 39.0 Å². The summed E-state index contributed by atoms with van der Waals surface area (Å²) in [5.74, 6) is 1.13. The largest absolute Gasteiger partial charge is 0.494 e. The fourth-order valence-electron chi connectivity index (χ4n) is 3.47. The summed E-state index contributed by atoms with van der Waals surface area (Å²) in [6.07, 6.45) is 2.47. The van der Waals surface area contributed by atoms with Gasteiger partial charge in [-0.1, -0.05) is 62.7 Å². The van der Waals surface area contributed by atoms with Crippen LogP contribution in [0.1, 0.15) is 50.3 Å². The lowest BCUT2D eigenvalue weighted by Gasteiger charge is -2.19. The highest BCUT2D eigenvalue weighted by Crippen LogP contribution is 2.30. The van der Waals surface area contributed by atoms with E-state index in [4.69, 9.17) is 25.8 Å². The summed E-state index contributed by atoms with van der Waals surface area (Å²) in [6, 6.07) is 22.4. The lowest BCUT2D eigenvalue weighted by molar-refractivity contribution is -0.134. The first-order chi connectivity index (χ1) is 17.2. The van der Waals surface area contributed by atoms with Gasteiger partial charge in [0, 0.05) is 11.4 Å². The number of benzene rings is 3. The van der Waals surface area contributed by atoms with E-state index in [1.807, 2.05) is 12.1 Å². The normalized spacial score (nSPS) is 11.5. The number of halogens is 1. The van der Waals surface area contributed by atoms with Crippen LogP contribution in [0.2, 0.25) is 5.02 Å². The molecule has 0 radical (unpaired) electrons. The molecule has 0 aromatic heterocycles. The number of carbonyl (C=O) groups excluding carboxylic acids is 1. The molecule has 0 N–H and O–H groups in total. The first kappa shape index (κ1) is 26.8. The van der Waals surface area contributed by atoms with Crippen LogP contribution in [0.25, 0.3) is 11.6 Å². The summed E-state index contributed by atoms with van der Waals surface area (Å²) >= 11 is 5.94. The molecule has 3 rings (SSSR count). The Bertz CT molecular complexity index is 1250. The predicted molar refractivity (Wildman–Crippen MR) is 143 cm³/mol. The van der Waals surface area contributed by atoms with Gasteiger partial charge < -0.3 is 14.2 Å². The van der Waals surface area contributed by atoms with Crippen molar-refractivity contribution in [2.45, 2.75) is 39.0 Å². The molecule has 36 heavy (non-hydrogen) atoms. The standard InChI is InChI=1S/C30H30ClNO4/c1-30(2,3)24-10-14-26(15-11-24)35-17-5-6-29(33)36-27-16-7-21(19-28(27)34-4)18-23(20-32)22-8-12-25(31)13-9-22/h7-16,18-19H,5-6,17H2,1-4H3/b23-18+. The Morgan fingerprint density at radius 2 is 1.69 bits per heavy atom. The van der Waals surface area contributed by atoms with E-state index in [-0.39, 0.29) is 17.8 Å². The van der Waals surface area contributed by atoms with Crippen LogP contribution >= 0.6 is 11.6 Å². The second-order valence-corrected chi connectivity index (χ2v) is 9.72. The Balaban J connectivity index is 1.55. The molecule has 5 nitrogen and oxygen atoms in total. The van der Waals surface area contributed by atoms with Crippen LogP contribution in [0.5, 0.6) is 17.2 Å². The molecule has 0 bridgehead atoms. The Kier molecular flexibility index (Phi) is 9.16. The highest BCUT2D eigenvalue weighted by molar-refractivity contribution is 6.30. The lowest BCUT2D eigenvalue weighted by Crippen LogP contribution is -2.11. The number of nitriles is 1. The van der Waals surface area contributed by atoms with Gasteiger partial charge >= 0.3 is 5.97 Å². The number of rotatable bonds is 9. The van der Waals surface area contributed by atoms with Gasteiger partial charge in [0.1, 0.15) is 5.75 Å². The van der Waals surface area contributed by atoms with Gasteiger partial charge in [-0.3, -0.25) is 4.79 Å². The van der Waals surface area contributed by atoms with Crippen molar-refractivity contribution in [2.75, 3.05) is 13.7 Å². The van der Waals surface area contributed by atoms with Crippen LogP contribution in [0.4, 0.5) is 0 Å². The van der Waals surface area contributed by atoms with Gasteiger partial charge in [0.15, 0.2) is 11.5 Å². The molecule has 0 unspecified atom stereocenters. The summed E-state index contributed by atoms with van der Waals surface area (Å²) in [6.45, 7) is 6.91. The van der Waals surface area contributed by atoms with Crippen molar-refractivity contribution in [1.29, 1.82) is 5.26 Å². The first-order valence-electron chi connectivity index (χ1n) is 11.7. The first-order valence-corrected chi connectivity index (χ1v) is 12.1. The Hall–Kier alpha value is -3.75. The molecule has 186 valence electrons. The zero-order valence-electron chi connectivity index (χ0n) is 21.0. The maximum Gasteiger partial charge on any atom is 0.311 e. The maximum atomic E-state index is 12.4. The molecular formula is C30H30ClNO4. The summed E-state index contributed by atoms with van der Waals surface area (Å²) in [4.78, 5) is 12.4. The van der Waals surface area contributed by atoms with E-state index >= 15 is 0 Å². The van der Waals surface area contributed by atoms with Crippen molar-refractivity contribution in [2.24, 2.45) is 0 Å². The molecule has 0 fully saturated rings. The minimum atomic E-state index is -0.373. The van der Waals surface area contributed by atoms with E-state index < -0.39 is 0 Å². The zero-order chi connectivity index (χ0) is 26.1. The minimum Gasteiger partial charge on any atom is -0.494 e. The van der Waals surface area contributed by atoms with E-state index in [0.717, 1.165) is 16.9 Å².